The molecule has 2 aromatic carbocycles. The van der Waals surface area contributed by atoms with Gasteiger partial charge in [-0.1, -0.05) is 65.8 Å². The van der Waals surface area contributed by atoms with Crippen molar-refractivity contribution in [1.29, 1.82) is 0 Å². The lowest BCUT2D eigenvalue weighted by molar-refractivity contribution is -0.114. The molecule has 1 unspecified atom stereocenters. The van der Waals surface area contributed by atoms with Crippen LogP contribution in [0.4, 0.5) is 4.39 Å². The van der Waals surface area contributed by atoms with Gasteiger partial charge >= 0.3 is 0 Å². The molecule has 2 aromatic rings. The number of aliphatic hydroxyl groups is 1. The second-order valence-corrected chi connectivity index (χ2v) is 16.9. The summed E-state index contributed by atoms with van der Waals surface area (Å²) in [5, 5.41) is 11.1. The van der Waals surface area contributed by atoms with Crippen molar-refractivity contribution in [2.75, 3.05) is 13.1 Å². The molecule has 0 radical (unpaired) electrons. The molecule has 1 heterocycles. The van der Waals surface area contributed by atoms with Gasteiger partial charge in [0.1, 0.15) is 17.9 Å². The summed E-state index contributed by atoms with van der Waals surface area (Å²) in [6.45, 7) is 17.1. The Bertz CT molecular complexity index is 992. The van der Waals surface area contributed by atoms with E-state index in [2.05, 4.69) is 71.6 Å². The van der Waals surface area contributed by atoms with E-state index in [-0.39, 0.29) is 11.9 Å². The first-order valence-corrected chi connectivity index (χ1v) is 15.5. The van der Waals surface area contributed by atoms with E-state index in [1.807, 2.05) is 0 Å². The Balaban J connectivity index is 1.70. The van der Waals surface area contributed by atoms with Gasteiger partial charge in [0.15, 0.2) is 0 Å². The molecule has 0 aliphatic carbocycles. The molecule has 3 rings (SSSR count). The van der Waals surface area contributed by atoms with Crippen molar-refractivity contribution in [1.82, 2.24) is 4.90 Å². The lowest BCUT2D eigenvalue weighted by atomic mass is 9.84. The molecule has 1 aliphatic rings. The summed E-state index contributed by atoms with van der Waals surface area (Å²) in [5.74, 6) is 0.657. The maximum atomic E-state index is 13.3. The molecule has 1 fully saturated rings. The number of piperidine rings is 1. The maximum Gasteiger partial charge on any atom is 0.258 e. The normalized spacial score (nSPS) is 17.6. The van der Waals surface area contributed by atoms with E-state index in [0.717, 1.165) is 28.7 Å². The number of hydrogen-bond donors (Lipinski definition) is 1. The number of benzene rings is 2. The number of aryl methyl sites for hydroxylation is 1. The van der Waals surface area contributed by atoms with Crippen LogP contribution in [0.1, 0.15) is 71.1 Å². The lowest BCUT2D eigenvalue weighted by Gasteiger charge is -2.42. The third-order valence-corrected chi connectivity index (χ3v) is 14.3. The molecule has 1 atom stereocenters. The predicted octanol–water partition coefficient (Wildman–Crippen LogP) is 6.78. The minimum Gasteiger partial charge on any atom is -0.543 e. The quantitative estimate of drug-likeness (QED) is 0.281. The molecule has 0 spiro atoms. The Labute approximate surface area is 218 Å². The van der Waals surface area contributed by atoms with Crippen LogP contribution in [-0.4, -0.2) is 43.7 Å². The van der Waals surface area contributed by atoms with Crippen LogP contribution in [0.2, 0.25) is 16.6 Å². The first kappa shape index (κ1) is 28.5. The fourth-order valence-electron chi connectivity index (χ4n) is 6.28. The van der Waals surface area contributed by atoms with Gasteiger partial charge in [0.25, 0.3) is 8.32 Å². The molecule has 0 saturated carbocycles. The van der Waals surface area contributed by atoms with Crippen LogP contribution in [0.15, 0.2) is 42.5 Å². The zero-order chi connectivity index (χ0) is 26.7. The number of aldehydes is 1. The zero-order valence-corrected chi connectivity index (χ0v) is 24.1. The molecule has 0 bridgehead atoms. The number of likely N-dealkylation sites (tertiary alicyclic amines) is 1. The summed E-state index contributed by atoms with van der Waals surface area (Å²) in [6, 6.07) is 12.2. The van der Waals surface area contributed by atoms with Crippen LogP contribution in [0, 0.1) is 12.7 Å². The Morgan fingerprint density at radius 2 is 1.56 bits per heavy atom. The second-order valence-electron chi connectivity index (χ2n) is 11.5. The third kappa shape index (κ3) is 5.92. The molecule has 0 aromatic heterocycles. The standard InChI is InChI=1S/C30H44FNO3Si/c1-21(2)36(22(3)4,23(5)6)35-29-13-8-25(18-24(29)7)19-28(20-33)32-16-14-30(34,15-17-32)26-9-11-27(31)12-10-26/h8-13,18,20-23,28,34H,14-17,19H2,1-7H3. The van der Waals surface area contributed by atoms with Gasteiger partial charge in [-0.3, -0.25) is 4.90 Å². The van der Waals surface area contributed by atoms with Crippen molar-refractivity contribution >= 4 is 14.6 Å². The third-order valence-electron chi connectivity index (χ3n) is 8.31. The van der Waals surface area contributed by atoms with Crippen LogP contribution in [0.5, 0.6) is 5.75 Å². The highest BCUT2D eigenvalue weighted by molar-refractivity contribution is 6.78. The van der Waals surface area contributed by atoms with Gasteiger partial charge in [-0.25, -0.2) is 4.39 Å². The average Bonchev–Trinajstić information content (AvgIpc) is 2.82. The SMILES string of the molecule is Cc1cc(CC(C=O)N2CCC(O)(c3ccc(F)cc3)CC2)ccc1O[Si](C(C)C)(C(C)C)C(C)C. The summed E-state index contributed by atoms with van der Waals surface area (Å²) < 4.78 is 20.2. The van der Waals surface area contributed by atoms with Crippen LogP contribution in [0.3, 0.4) is 0 Å². The molecule has 198 valence electrons. The number of carbonyl (C=O) groups excluding carboxylic acids is 1. The van der Waals surface area contributed by atoms with Crippen molar-refractivity contribution in [2.24, 2.45) is 0 Å². The second kappa shape index (κ2) is 11.6. The number of hydrogen-bond acceptors (Lipinski definition) is 4. The van der Waals surface area contributed by atoms with Crippen molar-refractivity contribution in [3.05, 3.63) is 65.0 Å². The minimum absolute atomic E-state index is 0.246. The van der Waals surface area contributed by atoms with Gasteiger partial charge in [0.05, 0.1) is 11.6 Å². The molecular weight excluding hydrogens is 469 g/mol. The van der Waals surface area contributed by atoms with E-state index >= 15 is 0 Å². The fraction of sp³-hybridized carbons (Fsp3) is 0.567. The summed E-state index contributed by atoms with van der Waals surface area (Å²) in [6.07, 6.45) is 2.68. The van der Waals surface area contributed by atoms with Crippen molar-refractivity contribution in [2.45, 2.75) is 96.0 Å². The summed E-state index contributed by atoms with van der Waals surface area (Å²) in [4.78, 5) is 14.2. The fourth-order valence-corrected chi connectivity index (χ4v) is 11.6. The number of nitrogens with zero attached hydrogens (tertiary/aromatic N) is 1. The molecule has 1 saturated heterocycles. The van der Waals surface area contributed by atoms with Gasteiger partial charge in [-0.2, -0.15) is 0 Å². The Kier molecular flexibility index (Phi) is 9.18. The Morgan fingerprint density at radius 1 is 1.00 bits per heavy atom. The molecule has 36 heavy (non-hydrogen) atoms. The highest BCUT2D eigenvalue weighted by Crippen LogP contribution is 2.43. The Hall–Kier alpha value is -2.02. The van der Waals surface area contributed by atoms with Gasteiger partial charge < -0.3 is 14.3 Å². The highest BCUT2D eigenvalue weighted by atomic mass is 28.4. The van der Waals surface area contributed by atoms with E-state index < -0.39 is 13.9 Å². The van der Waals surface area contributed by atoms with Crippen molar-refractivity contribution in [3.8, 4) is 5.75 Å². The van der Waals surface area contributed by atoms with E-state index in [1.165, 1.54) is 12.1 Å². The smallest absolute Gasteiger partial charge is 0.258 e. The predicted molar refractivity (Wildman–Crippen MR) is 148 cm³/mol. The number of rotatable bonds is 10. The number of carbonyl (C=O) groups is 1. The molecule has 6 heteroatoms. The topological polar surface area (TPSA) is 49.8 Å². The van der Waals surface area contributed by atoms with Crippen LogP contribution >= 0.6 is 0 Å². The lowest BCUT2D eigenvalue weighted by Crippen LogP contribution is -2.50. The first-order valence-electron chi connectivity index (χ1n) is 13.4. The van der Waals surface area contributed by atoms with Crippen LogP contribution in [0.25, 0.3) is 0 Å². The van der Waals surface area contributed by atoms with Gasteiger partial charge in [0, 0.05) is 13.1 Å². The van der Waals surface area contributed by atoms with E-state index in [0.29, 0.717) is 49.0 Å². The maximum absolute atomic E-state index is 13.3. The Morgan fingerprint density at radius 3 is 2.03 bits per heavy atom. The largest absolute Gasteiger partial charge is 0.543 e. The molecule has 1 N–H and O–H groups in total. The highest BCUT2D eigenvalue weighted by Gasteiger charge is 2.47. The molecular formula is C30H44FNO3Si. The van der Waals surface area contributed by atoms with Crippen molar-refractivity contribution < 1.29 is 18.7 Å². The molecule has 1 aliphatic heterocycles. The van der Waals surface area contributed by atoms with E-state index in [4.69, 9.17) is 4.43 Å². The zero-order valence-electron chi connectivity index (χ0n) is 23.1. The van der Waals surface area contributed by atoms with E-state index in [1.54, 1.807) is 12.1 Å². The average molecular weight is 514 g/mol. The van der Waals surface area contributed by atoms with Gasteiger partial charge in [-0.15, -0.1) is 0 Å². The molecule has 0 amide bonds. The molecule has 4 nitrogen and oxygen atoms in total. The number of halogens is 1. The summed E-state index contributed by atoms with van der Waals surface area (Å²) in [5.41, 5.74) is 3.49. The summed E-state index contributed by atoms with van der Waals surface area (Å²) in [7, 11) is -2.04. The van der Waals surface area contributed by atoms with E-state index in [9.17, 15) is 14.3 Å². The monoisotopic (exact) mass is 513 g/mol. The van der Waals surface area contributed by atoms with Gasteiger partial charge in [-0.05, 0) is 77.7 Å². The van der Waals surface area contributed by atoms with Crippen LogP contribution < -0.4 is 4.43 Å². The summed E-state index contributed by atoms with van der Waals surface area (Å²) >= 11 is 0. The first-order chi connectivity index (χ1) is 16.9. The van der Waals surface area contributed by atoms with Crippen molar-refractivity contribution in [3.63, 3.8) is 0 Å². The van der Waals surface area contributed by atoms with Crippen LogP contribution in [-0.2, 0) is 16.8 Å². The minimum atomic E-state index is -2.04. The van der Waals surface area contributed by atoms with Gasteiger partial charge in [0.2, 0.25) is 0 Å².